The second-order valence-corrected chi connectivity index (χ2v) is 4.35. The monoisotopic (exact) mass is 216 g/mol. The molecule has 1 saturated carbocycles. The van der Waals surface area contributed by atoms with Crippen LogP contribution in [0.4, 0.5) is 0 Å². The summed E-state index contributed by atoms with van der Waals surface area (Å²) in [7, 11) is 1.73. The van der Waals surface area contributed by atoms with Gasteiger partial charge in [-0.05, 0) is 13.3 Å². The van der Waals surface area contributed by atoms with Gasteiger partial charge in [0.25, 0.3) is 0 Å². The highest BCUT2D eigenvalue weighted by atomic mass is 16.7. The summed E-state index contributed by atoms with van der Waals surface area (Å²) < 4.78 is 21.8. The maximum Gasteiger partial charge on any atom is 0.165 e. The van der Waals surface area contributed by atoms with Crippen LogP contribution < -0.4 is 0 Å². The molecule has 15 heavy (non-hydrogen) atoms. The third-order valence-electron chi connectivity index (χ3n) is 2.98. The first-order valence-corrected chi connectivity index (χ1v) is 5.66. The molecule has 2 rings (SSSR count). The quantitative estimate of drug-likeness (QED) is 0.628. The predicted octanol–water partition coefficient (Wildman–Crippen LogP) is 1.33. The molecule has 0 bridgehead atoms. The number of hydrogen-bond donors (Lipinski definition) is 0. The van der Waals surface area contributed by atoms with Crippen LogP contribution in [0.2, 0.25) is 0 Å². The number of methoxy groups -OCH3 is 1. The lowest BCUT2D eigenvalue weighted by atomic mass is 10.2. The van der Waals surface area contributed by atoms with Gasteiger partial charge >= 0.3 is 0 Å². The number of rotatable bonds is 6. The van der Waals surface area contributed by atoms with E-state index in [9.17, 15) is 0 Å². The minimum atomic E-state index is -0.367. The SMILES string of the molecule is COC1CC1OCCCC1(C)OCCO1. The summed E-state index contributed by atoms with van der Waals surface area (Å²) >= 11 is 0. The van der Waals surface area contributed by atoms with Crippen molar-refractivity contribution >= 4 is 0 Å². The van der Waals surface area contributed by atoms with Crippen LogP contribution in [0.3, 0.4) is 0 Å². The van der Waals surface area contributed by atoms with Gasteiger partial charge in [0.15, 0.2) is 5.79 Å². The lowest BCUT2D eigenvalue weighted by molar-refractivity contribution is -0.149. The first kappa shape index (κ1) is 11.3. The summed E-state index contributed by atoms with van der Waals surface area (Å²) in [4.78, 5) is 0. The van der Waals surface area contributed by atoms with Gasteiger partial charge < -0.3 is 18.9 Å². The van der Waals surface area contributed by atoms with Gasteiger partial charge in [-0.1, -0.05) is 0 Å². The van der Waals surface area contributed by atoms with Crippen molar-refractivity contribution in [1.29, 1.82) is 0 Å². The van der Waals surface area contributed by atoms with Crippen molar-refractivity contribution in [2.75, 3.05) is 26.9 Å². The van der Waals surface area contributed by atoms with E-state index in [1.807, 2.05) is 6.92 Å². The molecular weight excluding hydrogens is 196 g/mol. The molecule has 2 atom stereocenters. The largest absolute Gasteiger partial charge is 0.379 e. The van der Waals surface area contributed by atoms with E-state index in [2.05, 4.69) is 0 Å². The van der Waals surface area contributed by atoms with Crippen LogP contribution in [0.5, 0.6) is 0 Å². The molecule has 2 aliphatic rings. The van der Waals surface area contributed by atoms with E-state index in [1.54, 1.807) is 7.11 Å². The van der Waals surface area contributed by atoms with Gasteiger partial charge in [0.05, 0.1) is 25.4 Å². The van der Waals surface area contributed by atoms with Gasteiger partial charge in [0.2, 0.25) is 0 Å². The van der Waals surface area contributed by atoms with Crippen LogP contribution >= 0.6 is 0 Å². The van der Waals surface area contributed by atoms with Gasteiger partial charge in [-0.2, -0.15) is 0 Å². The Labute approximate surface area is 90.8 Å². The zero-order valence-corrected chi connectivity index (χ0v) is 9.53. The van der Waals surface area contributed by atoms with Crippen molar-refractivity contribution in [1.82, 2.24) is 0 Å². The summed E-state index contributed by atoms with van der Waals surface area (Å²) in [5.74, 6) is -0.367. The van der Waals surface area contributed by atoms with Gasteiger partial charge in [-0.3, -0.25) is 0 Å². The molecule has 0 N–H and O–H groups in total. The Morgan fingerprint density at radius 1 is 1.27 bits per heavy atom. The standard InChI is InChI=1S/C11H20O4/c1-11(14-6-7-15-11)4-3-5-13-10-8-9(10)12-2/h9-10H,3-8H2,1-2H3. The van der Waals surface area contributed by atoms with Gasteiger partial charge in [0.1, 0.15) is 0 Å². The van der Waals surface area contributed by atoms with Crippen molar-refractivity contribution in [3.05, 3.63) is 0 Å². The van der Waals surface area contributed by atoms with E-state index >= 15 is 0 Å². The molecule has 2 unspecified atom stereocenters. The minimum absolute atomic E-state index is 0.327. The van der Waals surface area contributed by atoms with Crippen LogP contribution in [0.1, 0.15) is 26.2 Å². The summed E-state index contributed by atoms with van der Waals surface area (Å²) in [6.45, 7) is 4.19. The molecule has 0 spiro atoms. The van der Waals surface area contributed by atoms with Gasteiger partial charge in [0, 0.05) is 26.6 Å². The van der Waals surface area contributed by atoms with Crippen LogP contribution in [-0.2, 0) is 18.9 Å². The topological polar surface area (TPSA) is 36.9 Å². The van der Waals surface area contributed by atoms with Crippen molar-refractivity contribution in [3.8, 4) is 0 Å². The lowest BCUT2D eigenvalue weighted by Crippen LogP contribution is -2.25. The van der Waals surface area contributed by atoms with E-state index < -0.39 is 0 Å². The van der Waals surface area contributed by atoms with Crippen molar-refractivity contribution in [2.45, 2.75) is 44.2 Å². The summed E-state index contributed by atoms with van der Waals surface area (Å²) in [6, 6.07) is 0. The molecule has 0 aromatic heterocycles. The maximum absolute atomic E-state index is 5.63. The summed E-state index contributed by atoms with van der Waals surface area (Å²) in [6.07, 6.45) is 3.58. The average molecular weight is 216 g/mol. The molecule has 88 valence electrons. The van der Waals surface area contributed by atoms with Crippen molar-refractivity contribution in [2.24, 2.45) is 0 Å². The van der Waals surface area contributed by atoms with Crippen LogP contribution in [0.25, 0.3) is 0 Å². The smallest absolute Gasteiger partial charge is 0.165 e. The Hall–Kier alpha value is -0.160. The van der Waals surface area contributed by atoms with Crippen molar-refractivity contribution < 1.29 is 18.9 Å². The van der Waals surface area contributed by atoms with Crippen molar-refractivity contribution in [3.63, 3.8) is 0 Å². The fourth-order valence-corrected chi connectivity index (χ4v) is 1.90. The van der Waals surface area contributed by atoms with Gasteiger partial charge in [-0.25, -0.2) is 0 Å². The Kier molecular flexibility index (Phi) is 3.61. The molecule has 0 amide bonds. The van der Waals surface area contributed by atoms with E-state index in [1.165, 1.54) is 0 Å². The highest BCUT2D eigenvalue weighted by molar-refractivity contribution is 4.88. The Bertz CT molecular complexity index is 201. The van der Waals surface area contributed by atoms with E-state index in [-0.39, 0.29) is 5.79 Å². The lowest BCUT2D eigenvalue weighted by Gasteiger charge is -2.21. The molecule has 1 heterocycles. The molecule has 0 aromatic carbocycles. The second kappa shape index (κ2) is 4.78. The Balaban J connectivity index is 1.52. The fraction of sp³-hybridized carbons (Fsp3) is 1.00. The normalized spacial score (nSPS) is 33.2. The summed E-state index contributed by atoms with van der Waals surface area (Å²) in [5, 5.41) is 0. The Morgan fingerprint density at radius 2 is 2.00 bits per heavy atom. The fourth-order valence-electron chi connectivity index (χ4n) is 1.90. The molecule has 0 aromatic rings. The summed E-state index contributed by atoms with van der Waals surface area (Å²) in [5.41, 5.74) is 0. The molecule has 4 nitrogen and oxygen atoms in total. The molecule has 1 saturated heterocycles. The number of hydrogen-bond acceptors (Lipinski definition) is 4. The molecule has 4 heteroatoms. The molecule has 0 radical (unpaired) electrons. The minimum Gasteiger partial charge on any atom is -0.379 e. The Morgan fingerprint density at radius 3 is 2.60 bits per heavy atom. The molecule has 1 aliphatic carbocycles. The van der Waals surface area contributed by atoms with E-state index in [0.717, 1.165) is 25.9 Å². The zero-order valence-electron chi connectivity index (χ0n) is 9.53. The number of ether oxygens (including phenoxy) is 4. The zero-order chi connectivity index (χ0) is 10.7. The van der Waals surface area contributed by atoms with Gasteiger partial charge in [-0.15, -0.1) is 0 Å². The van der Waals surface area contributed by atoms with Crippen LogP contribution in [-0.4, -0.2) is 44.9 Å². The first-order chi connectivity index (χ1) is 7.23. The molecule has 1 aliphatic heterocycles. The van der Waals surface area contributed by atoms with Crippen LogP contribution in [0, 0.1) is 0 Å². The third kappa shape index (κ3) is 3.14. The predicted molar refractivity (Wildman–Crippen MR) is 54.7 cm³/mol. The second-order valence-electron chi connectivity index (χ2n) is 4.35. The highest BCUT2D eigenvalue weighted by Gasteiger charge is 2.38. The third-order valence-corrected chi connectivity index (χ3v) is 2.98. The average Bonchev–Trinajstić information content (AvgIpc) is 2.87. The van der Waals surface area contributed by atoms with E-state index in [0.29, 0.717) is 25.4 Å². The first-order valence-electron chi connectivity index (χ1n) is 5.66. The molecule has 2 fully saturated rings. The maximum atomic E-state index is 5.63. The van der Waals surface area contributed by atoms with Crippen LogP contribution in [0.15, 0.2) is 0 Å². The highest BCUT2D eigenvalue weighted by Crippen LogP contribution is 2.29. The molecular formula is C11H20O4. The van der Waals surface area contributed by atoms with E-state index in [4.69, 9.17) is 18.9 Å².